The Balaban J connectivity index is 1.63. The molecule has 172 valence electrons. The highest BCUT2D eigenvalue weighted by molar-refractivity contribution is 7.99. The third-order valence-corrected chi connectivity index (χ3v) is 5.65. The molecule has 10 nitrogen and oxygen atoms in total. The van der Waals surface area contributed by atoms with E-state index in [0.29, 0.717) is 11.0 Å². The smallest absolute Gasteiger partial charge is 0.270 e. The lowest BCUT2D eigenvalue weighted by Gasteiger charge is -2.19. The topological polar surface area (TPSA) is 143 Å². The number of nitro benzene ring substituents is 1. The van der Waals surface area contributed by atoms with Crippen LogP contribution in [0.3, 0.4) is 0 Å². The summed E-state index contributed by atoms with van der Waals surface area (Å²) >= 11 is 1.17. The number of aromatic nitrogens is 3. The highest BCUT2D eigenvalue weighted by Crippen LogP contribution is 2.23. The number of benzene rings is 2. The van der Waals surface area contributed by atoms with Crippen molar-refractivity contribution >= 4 is 35.0 Å². The van der Waals surface area contributed by atoms with Gasteiger partial charge in [0.05, 0.1) is 16.7 Å². The second kappa shape index (κ2) is 10.7. The van der Waals surface area contributed by atoms with Gasteiger partial charge < -0.3 is 10.6 Å². The minimum atomic E-state index is -0.550. The summed E-state index contributed by atoms with van der Waals surface area (Å²) in [7, 11) is 0. The molecule has 0 bridgehead atoms. The van der Waals surface area contributed by atoms with Gasteiger partial charge in [-0.15, -0.1) is 5.10 Å². The van der Waals surface area contributed by atoms with Crippen LogP contribution in [0.25, 0.3) is 0 Å². The Kier molecular flexibility index (Phi) is 7.78. The van der Waals surface area contributed by atoms with Crippen LogP contribution >= 0.6 is 11.8 Å². The number of para-hydroxylation sites is 1. The summed E-state index contributed by atoms with van der Waals surface area (Å²) in [6.07, 6.45) is 0. The van der Waals surface area contributed by atoms with Gasteiger partial charge in [-0.1, -0.05) is 49.9 Å². The molecule has 0 saturated heterocycles. The molecule has 1 aromatic heterocycles. The van der Waals surface area contributed by atoms with Gasteiger partial charge in [0, 0.05) is 23.4 Å². The Morgan fingerprint density at radius 1 is 1.18 bits per heavy atom. The minimum absolute atomic E-state index is 0.0391. The molecule has 33 heavy (non-hydrogen) atoms. The number of thioether (sulfide) groups is 1. The Morgan fingerprint density at radius 2 is 1.94 bits per heavy atom. The number of hydrogen-bond donors (Lipinski definition) is 3. The molecule has 3 N–H and O–H groups in total. The third-order valence-electron chi connectivity index (χ3n) is 4.80. The zero-order valence-corrected chi connectivity index (χ0v) is 19.2. The van der Waals surface area contributed by atoms with Gasteiger partial charge in [-0.25, -0.2) is 4.98 Å². The number of carbonyl (C=O) groups excluding carboxylic acids is 2. The molecule has 3 rings (SSSR count). The van der Waals surface area contributed by atoms with Crippen molar-refractivity contribution in [1.82, 2.24) is 20.5 Å². The quantitative estimate of drug-likeness (QED) is 0.246. The van der Waals surface area contributed by atoms with Crippen LogP contribution in [-0.2, 0) is 4.79 Å². The maximum absolute atomic E-state index is 12.7. The number of rotatable bonds is 9. The van der Waals surface area contributed by atoms with Crippen molar-refractivity contribution in [2.75, 3.05) is 11.1 Å². The van der Waals surface area contributed by atoms with E-state index in [0.717, 1.165) is 11.3 Å². The molecule has 1 atom stereocenters. The molecule has 1 heterocycles. The first-order valence-electron chi connectivity index (χ1n) is 10.2. The first kappa shape index (κ1) is 23.9. The maximum Gasteiger partial charge on any atom is 0.270 e. The largest absolute Gasteiger partial charge is 0.342 e. The fourth-order valence-electron chi connectivity index (χ4n) is 3.03. The zero-order valence-electron chi connectivity index (χ0n) is 18.4. The van der Waals surface area contributed by atoms with E-state index in [1.54, 1.807) is 0 Å². The second-order valence-electron chi connectivity index (χ2n) is 7.66. The molecule has 0 aliphatic carbocycles. The van der Waals surface area contributed by atoms with Crippen LogP contribution in [0.4, 0.5) is 11.4 Å². The molecule has 0 unspecified atom stereocenters. The number of carbonyl (C=O) groups is 2. The van der Waals surface area contributed by atoms with Crippen molar-refractivity contribution in [3.05, 3.63) is 75.6 Å². The average molecular weight is 469 g/mol. The first-order valence-corrected chi connectivity index (χ1v) is 11.2. The van der Waals surface area contributed by atoms with Crippen LogP contribution in [0.1, 0.15) is 41.6 Å². The van der Waals surface area contributed by atoms with Crippen molar-refractivity contribution in [2.24, 2.45) is 5.92 Å². The monoisotopic (exact) mass is 468 g/mol. The lowest BCUT2D eigenvalue weighted by atomic mass is 10.0. The van der Waals surface area contributed by atoms with Crippen molar-refractivity contribution in [1.29, 1.82) is 0 Å². The summed E-state index contributed by atoms with van der Waals surface area (Å²) < 4.78 is 0. The van der Waals surface area contributed by atoms with E-state index in [1.165, 1.54) is 36.0 Å². The van der Waals surface area contributed by atoms with Gasteiger partial charge in [-0.2, -0.15) is 0 Å². The summed E-state index contributed by atoms with van der Waals surface area (Å²) in [5.41, 5.74) is 1.74. The van der Waals surface area contributed by atoms with Crippen molar-refractivity contribution in [3.8, 4) is 0 Å². The van der Waals surface area contributed by atoms with E-state index < -0.39 is 16.9 Å². The number of H-pyrrole nitrogens is 1. The van der Waals surface area contributed by atoms with Gasteiger partial charge in [-0.05, 0) is 30.5 Å². The molecule has 2 amide bonds. The van der Waals surface area contributed by atoms with Crippen LogP contribution in [0.15, 0.2) is 53.7 Å². The average Bonchev–Trinajstić information content (AvgIpc) is 3.26. The number of aryl methyl sites for hydroxylation is 1. The fourth-order valence-corrected chi connectivity index (χ4v) is 3.63. The number of anilines is 1. The van der Waals surface area contributed by atoms with Gasteiger partial charge in [0.2, 0.25) is 11.1 Å². The molecule has 0 aliphatic heterocycles. The normalized spacial score (nSPS) is 11.8. The molecule has 0 spiro atoms. The van der Waals surface area contributed by atoms with Gasteiger partial charge >= 0.3 is 0 Å². The molecule has 11 heteroatoms. The lowest BCUT2D eigenvalue weighted by molar-refractivity contribution is -0.384. The van der Waals surface area contributed by atoms with Crippen LogP contribution in [0, 0.1) is 23.0 Å². The van der Waals surface area contributed by atoms with Crippen LogP contribution < -0.4 is 10.6 Å². The van der Waals surface area contributed by atoms with Gasteiger partial charge in [0.15, 0.2) is 0 Å². The second-order valence-corrected chi connectivity index (χ2v) is 8.60. The predicted octanol–water partition coefficient (Wildman–Crippen LogP) is 3.88. The Labute approximate surface area is 194 Å². The van der Waals surface area contributed by atoms with Crippen molar-refractivity contribution in [3.63, 3.8) is 0 Å². The highest BCUT2D eigenvalue weighted by atomic mass is 32.2. The van der Waals surface area contributed by atoms with Crippen molar-refractivity contribution in [2.45, 2.75) is 32.0 Å². The van der Waals surface area contributed by atoms with Gasteiger partial charge in [-0.3, -0.25) is 24.8 Å². The van der Waals surface area contributed by atoms with E-state index in [-0.39, 0.29) is 28.8 Å². The summed E-state index contributed by atoms with van der Waals surface area (Å²) in [5, 5.41) is 24.0. The minimum Gasteiger partial charge on any atom is -0.342 e. The maximum atomic E-state index is 12.7. The molecule has 0 saturated carbocycles. The first-order chi connectivity index (χ1) is 15.7. The fraction of sp³-hybridized carbons (Fsp3) is 0.273. The lowest BCUT2D eigenvalue weighted by Crippen LogP contribution is -2.32. The number of aromatic amines is 1. The highest BCUT2D eigenvalue weighted by Gasteiger charge is 2.24. The van der Waals surface area contributed by atoms with Crippen molar-refractivity contribution < 1.29 is 14.5 Å². The third kappa shape index (κ3) is 6.39. The number of nitrogens with one attached hydrogen (secondary N) is 3. The Bertz CT molecular complexity index is 1160. The van der Waals surface area contributed by atoms with Crippen LogP contribution in [0.5, 0.6) is 0 Å². The predicted molar refractivity (Wildman–Crippen MR) is 125 cm³/mol. The van der Waals surface area contributed by atoms with Gasteiger partial charge in [0.25, 0.3) is 11.6 Å². The van der Waals surface area contributed by atoms with Gasteiger partial charge in [0.1, 0.15) is 5.82 Å². The standard InChI is InChI=1S/C22H24N6O4S/c1-13(2)19(24-21(30)15-8-6-9-16(11-15)28(31)32)20-25-22(27-26-20)33-12-18(29)23-17-10-5-4-7-14(17)3/h4-11,13,19H,12H2,1-3H3,(H,23,29)(H,24,30)(H,25,26,27)/t19-/m1/s1. The number of hydrogen-bond acceptors (Lipinski definition) is 7. The summed E-state index contributed by atoms with van der Waals surface area (Å²) in [5.74, 6) is -0.119. The molecular formula is C22H24N6O4S. The molecule has 0 fully saturated rings. The van der Waals surface area contributed by atoms with E-state index in [2.05, 4.69) is 25.8 Å². The van der Waals surface area contributed by atoms with E-state index in [1.807, 2.05) is 45.0 Å². The van der Waals surface area contributed by atoms with E-state index in [9.17, 15) is 19.7 Å². The van der Waals surface area contributed by atoms with Crippen LogP contribution in [-0.4, -0.2) is 37.7 Å². The number of nitro groups is 1. The molecule has 2 aromatic carbocycles. The summed E-state index contributed by atoms with van der Waals surface area (Å²) in [6, 6.07) is 12.5. The van der Waals surface area contributed by atoms with E-state index >= 15 is 0 Å². The summed E-state index contributed by atoms with van der Waals surface area (Å²) in [6.45, 7) is 5.73. The number of amides is 2. The molecule has 0 radical (unpaired) electrons. The SMILES string of the molecule is Cc1ccccc1NC(=O)CSc1n[nH]c([C@H](NC(=O)c2cccc([N+](=O)[O-])c2)C(C)C)n1. The molecule has 3 aromatic rings. The molecular weight excluding hydrogens is 444 g/mol. The van der Waals surface area contributed by atoms with Crippen LogP contribution in [0.2, 0.25) is 0 Å². The number of nitrogens with zero attached hydrogens (tertiary/aromatic N) is 3. The zero-order chi connectivity index (χ0) is 24.0. The summed E-state index contributed by atoms with van der Waals surface area (Å²) in [4.78, 5) is 39.8. The Morgan fingerprint density at radius 3 is 2.64 bits per heavy atom. The Hall–Kier alpha value is -3.73. The molecule has 0 aliphatic rings. The van der Waals surface area contributed by atoms with E-state index in [4.69, 9.17) is 0 Å². The number of non-ortho nitro benzene ring substituents is 1.